The summed E-state index contributed by atoms with van der Waals surface area (Å²) in [5.74, 6) is 0.131. The Morgan fingerprint density at radius 2 is 2.12 bits per heavy atom. The Kier molecular flexibility index (Phi) is 5.94. The number of rotatable bonds is 7. The normalized spacial score (nSPS) is 11.4. The second-order valence-electron chi connectivity index (χ2n) is 3.64. The van der Waals surface area contributed by atoms with Crippen LogP contribution >= 0.6 is 15.9 Å². The van der Waals surface area contributed by atoms with Crippen LogP contribution in [0.25, 0.3) is 0 Å². The first-order chi connectivity index (χ1) is 8.03. The second kappa shape index (κ2) is 6.98. The fraction of sp³-hybridized carbons (Fsp3) is 0.455. The molecule has 0 unspecified atom stereocenters. The van der Waals surface area contributed by atoms with Crippen molar-refractivity contribution >= 4 is 31.6 Å². The standard InChI is InChI=1S/C11H17BrN2O2S/c1-2-13-7-4-8-17(15,16)14-11-6-3-5-10(12)9-11/h3,5-6,9,13-14H,2,4,7-8H2,1H3. The van der Waals surface area contributed by atoms with Gasteiger partial charge in [0.05, 0.1) is 5.75 Å². The molecule has 1 aromatic carbocycles. The Bertz CT molecular complexity index is 449. The van der Waals surface area contributed by atoms with Crippen molar-refractivity contribution in [2.45, 2.75) is 13.3 Å². The van der Waals surface area contributed by atoms with Crippen LogP contribution in [0.3, 0.4) is 0 Å². The largest absolute Gasteiger partial charge is 0.317 e. The molecule has 0 aromatic heterocycles. The van der Waals surface area contributed by atoms with Gasteiger partial charge in [-0.05, 0) is 37.7 Å². The van der Waals surface area contributed by atoms with Gasteiger partial charge in [0.2, 0.25) is 10.0 Å². The molecule has 2 N–H and O–H groups in total. The lowest BCUT2D eigenvalue weighted by Gasteiger charge is -2.08. The van der Waals surface area contributed by atoms with E-state index >= 15 is 0 Å². The summed E-state index contributed by atoms with van der Waals surface area (Å²) in [5, 5.41) is 3.09. The van der Waals surface area contributed by atoms with Gasteiger partial charge >= 0.3 is 0 Å². The second-order valence-corrected chi connectivity index (χ2v) is 6.40. The van der Waals surface area contributed by atoms with Gasteiger partial charge in [0.1, 0.15) is 0 Å². The monoisotopic (exact) mass is 320 g/mol. The minimum atomic E-state index is -3.24. The maximum Gasteiger partial charge on any atom is 0.232 e. The van der Waals surface area contributed by atoms with E-state index in [2.05, 4.69) is 26.0 Å². The number of anilines is 1. The minimum Gasteiger partial charge on any atom is -0.317 e. The maximum atomic E-state index is 11.7. The molecule has 17 heavy (non-hydrogen) atoms. The number of sulfonamides is 1. The van der Waals surface area contributed by atoms with E-state index in [-0.39, 0.29) is 5.75 Å². The van der Waals surface area contributed by atoms with Crippen LogP contribution in [0.2, 0.25) is 0 Å². The lowest BCUT2D eigenvalue weighted by atomic mass is 10.3. The molecule has 0 aliphatic rings. The highest BCUT2D eigenvalue weighted by Crippen LogP contribution is 2.16. The molecule has 4 nitrogen and oxygen atoms in total. The summed E-state index contributed by atoms with van der Waals surface area (Å²) in [5.41, 5.74) is 0.586. The molecule has 1 aromatic rings. The smallest absolute Gasteiger partial charge is 0.232 e. The third-order valence-electron chi connectivity index (χ3n) is 2.11. The highest BCUT2D eigenvalue weighted by molar-refractivity contribution is 9.10. The Labute approximate surface area is 111 Å². The van der Waals surface area contributed by atoms with Crippen LogP contribution in [0.1, 0.15) is 13.3 Å². The average Bonchev–Trinajstić information content (AvgIpc) is 2.24. The van der Waals surface area contributed by atoms with Crippen molar-refractivity contribution in [1.29, 1.82) is 0 Å². The van der Waals surface area contributed by atoms with Crippen molar-refractivity contribution in [3.63, 3.8) is 0 Å². The number of hydrogen-bond acceptors (Lipinski definition) is 3. The van der Waals surface area contributed by atoms with Crippen LogP contribution in [0, 0.1) is 0 Å². The van der Waals surface area contributed by atoms with Gasteiger partial charge in [0, 0.05) is 10.2 Å². The lowest BCUT2D eigenvalue weighted by Crippen LogP contribution is -2.21. The Hall–Kier alpha value is -0.590. The molecule has 1 rings (SSSR count). The van der Waals surface area contributed by atoms with Crippen LogP contribution in [0.4, 0.5) is 5.69 Å². The first kappa shape index (κ1) is 14.5. The summed E-state index contributed by atoms with van der Waals surface area (Å²) in [6, 6.07) is 7.11. The summed E-state index contributed by atoms with van der Waals surface area (Å²) in [6.45, 7) is 3.57. The van der Waals surface area contributed by atoms with E-state index < -0.39 is 10.0 Å². The van der Waals surface area contributed by atoms with E-state index in [9.17, 15) is 8.42 Å². The van der Waals surface area contributed by atoms with E-state index in [0.29, 0.717) is 12.1 Å². The predicted octanol–water partition coefficient (Wildman–Crippen LogP) is 2.19. The van der Waals surface area contributed by atoms with E-state index in [4.69, 9.17) is 0 Å². The highest BCUT2D eigenvalue weighted by Gasteiger charge is 2.09. The zero-order valence-electron chi connectivity index (χ0n) is 9.74. The van der Waals surface area contributed by atoms with Crippen LogP contribution in [-0.2, 0) is 10.0 Å². The Balaban J connectivity index is 2.49. The van der Waals surface area contributed by atoms with Gasteiger partial charge in [-0.2, -0.15) is 0 Å². The minimum absolute atomic E-state index is 0.131. The van der Waals surface area contributed by atoms with E-state index in [1.54, 1.807) is 18.2 Å². The Morgan fingerprint density at radius 1 is 1.35 bits per heavy atom. The van der Waals surface area contributed by atoms with Crippen molar-refractivity contribution in [2.75, 3.05) is 23.6 Å². The molecule has 0 heterocycles. The van der Waals surface area contributed by atoms with Crippen molar-refractivity contribution in [3.8, 4) is 0 Å². The third kappa shape index (κ3) is 6.05. The summed E-state index contributed by atoms with van der Waals surface area (Å²) in [6.07, 6.45) is 0.608. The topological polar surface area (TPSA) is 58.2 Å². The van der Waals surface area contributed by atoms with E-state index in [1.807, 2.05) is 13.0 Å². The van der Waals surface area contributed by atoms with E-state index in [0.717, 1.165) is 17.6 Å². The summed E-state index contributed by atoms with van der Waals surface area (Å²) < 4.78 is 26.8. The van der Waals surface area contributed by atoms with Gasteiger partial charge in [-0.15, -0.1) is 0 Å². The molecule has 96 valence electrons. The third-order valence-corrected chi connectivity index (χ3v) is 3.98. The average molecular weight is 321 g/mol. The predicted molar refractivity (Wildman–Crippen MR) is 74.7 cm³/mol. The number of halogens is 1. The van der Waals surface area contributed by atoms with Crippen molar-refractivity contribution < 1.29 is 8.42 Å². The van der Waals surface area contributed by atoms with Gasteiger partial charge in [-0.1, -0.05) is 28.9 Å². The molecule has 0 amide bonds. The molecule has 0 bridgehead atoms. The zero-order chi connectivity index (χ0) is 12.7. The van der Waals surface area contributed by atoms with Gasteiger partial charge in [0.25, 0.3) is 0 Å². The van der Waals surface area contributed by atoms with Crippen molar-refractivity contribution in [1.82, 2.24) is 5.32 Å². The molecule has 0 aliphatic carbocycles. The number of benzene rings is 1. The highest BCUT2D eigenvalue weighted by atomic mass is 79.9. The molecule has 0 saturated carbocycles. The van der Waals surface area contributed by atoms with Crippen LogP contribution in [-0.4, -0.2) is 27.3 Å². The van der Waals surface area contributed by atoms with Crippen molar-refractivity contribution in [3.05, 3.63) is 28.7 Å². The maximum absolute atomic E-state index is 11.7. The molecular formula is C11H17BrN2O2S. The summed E-state index contributed by atoms with van der Waals surface area (Å²) in [4.78, 5) is 0. The van der Waals surface area contributed by atoms with Gasteiger partial charge in [-0.3, -0.25) is 4.72 Å². The number of nitrogens with one attached hydrogen (secondary N) is 2. The molecule has 0 spiro atoms. The van der Waals surface area contributed by atoms with Crippen LogP contribution < -0.4 is 10.0 Å². The lowest BCUT2D eigenvalue weighted by molar-refractivity contribution is 0.595. The fourth-order valence-corrected chi connectivity index (χ4v) is 2.86. The van der Waals surface area contributed by atoms with Gasteiger partial charge in [-0.25, -0.2) is 8.42 Å². The molecule has 0 aliphatic heterocycles. The van der Waals surface area contributed by atoms with Crippen LogP contribution in [0.15, 0.2) is 28.7 Å². The van der Waals surface area contributed by atoms with Gasteiger partial charge in [0.15, 0.2) is 0 Å². The zero-order valence-corrected chi connectivity index (χ0v) is 12.1. The van der Waals surface area contributed by atoms with Gasteiger partial charge < -0.3 is 5.32 Å². The molecular weight excluding hydrogens is 304 g/mol. The molecule has 6 heteroatoms. The molecule has 0 fully saturated rings. The quantitative estimate of drug-likeness (QED) is 0.757. The summed E-state index contributed by atoms with van der Waals surface area (Å²) in [7, 11) is -3.24. The summed E-state index contributed by atoms with van der Waals surface area (Å²) >= 11 is 3.30. The first-order valence-corrected chi connectivity index (χ1v) is 7.95. The SMILES string of the molecule is CCNCCCS(=O)(=O)Nc1cccc(Br)c1. The molecule has 0 atom stereocenters. The number of hydrogen-bond donors (Lipinski definition) is 2. The van der Waals surface area contributed by atoms with Crippen molar-refractivity contribution in [2.24, 2.45) is 0 Å². The fourth-order valence-electron chi connectivity index (χ4n) is 1.35. The molecule has 0 saturated heterocycles. The molecule has 0 radical (unpaired) electrons. The van der Waals surface area contributed by atoms with E-state index in [1.165, 1.54) is 0 Å². The Morgan fingerprint density at radius 3 is 2.76 bits per heavy atom. The first-order valence-electron chi connectivity index (χ1n) is 5.50. The van der Waals surface area contributed by atoms with Crippen LogP contribution in [0.5, 0.6) is 0 Å².